The first-order valence-electron chi connectivity index (χ1n) is 7.26. The van der Waals surface area contributed by atoms with Gasteiger partial charge in [0.25, 0.3) is 10.2 Å². The first-order chi connectivity index (χ1) is 9.91. The smallest absolute Gasteiger partial charge is 0.282 e. The predicted octanol–water partition coefficient (Wildman–Crippen LogP) is 0.784. The van der Waals surface area contributed by atoms with Gasteiger partial charge in [-0.15, -0.1) is 0 Å². The molecule has 0 radical (unpaired) electrons. The summed E-state index contributed by atoms with van der Waals surface area (Å²) < 4.78 is 27.8. The van der Waals surface area contributed by atoms with Crippen molar-refractivity contribution in [3.8, 4) is 0 Å². The van der Waals surface area contributed by atoms with E-state index >= 15 is 0 Å². The monoisotopic (exact) mass is 312 g/mol. The molecule has 0 N–H and O–H groups in total. The molecule has 0 spiro atoms. The number of rotatable bonds is 5. The molecule has 0 bridgehead atoms. The average molecular weight is 312 g/mol. The van der Waals surface area contributed by atoms with E-state index < -0.39 is 10.2 Å². The molecule has 7 heteroatoms. The zero-order chi connectivity index (χ0) is 15.5. The number of nitrogens with zero attached hydrogens (tertiary/aromatic N) is 4. The molecule has 1 fully saturated rings. The van der Waals surface area contributed by atoms with Crippen molar-refractivity contribution >= 4 is 10.2 Å². The van der Waals surface area contributed by atoms with Crippen LogP contribution in [0, 0.1) is 0 Å². The van der Waals surface area contributed by atoms with Gasteiger partial charge in [-0.1, -0.05) is 6.07 Å². The fraction of sp³-hybridized carbons (Fsp3) is 0.643. The van der Waals surface area contributed by atoms with Crippen molar-refractivity contribution in [3.63, 3.8) is 0 Å². The van der Waals surface area contributed by atoms with E-state index in [0.717, 1.165) is 25.3 Å². The van der Waals surface area contributed by atoms with E-state index in [0.29, 0.717) is 13.1 Å². The number of hydrogen-bond donors (Lipinski definition) is 0. The summed E-state index contributed by atoms with van der Waals surface area (Å²) in [6, 6.07) is 5.84. The number of hydrogen-bond acceptors (Lipinski definition) is 4. The fourth-order valence-corrected chi connectivity index (χ4v) is 3.81. The Labute approximate surface area is 127 Å². The summed E-state index contributed by atoms with van der Waals surface area (Å²) in [5, 5.41) is 0. The Morgan fingerprint density at radius 1 is 1.24 bits per heavy atom. The highest BCUT2D eigenvalue weighted by atomic mass is 32.2. The van der Waals surface area contributed by atoms with Gasteiger partial charge in [0.2, 0.25) is 0 Å². The fourth-order valence-electron chi connectivity index (χ4n) is 2.29. The molecule has 2 heterocycles. The SMILES string of the molecule is CC(C)N(C)S(=O)(=O)N1CCN(Cc2ccccn2)CC1. The van der Waals surface area contributed by atoms with E-state index in [1.807, 2.05) is 32.0 Å². The molecule has 0 atom stereocenters. The molecule has 0 unspecified atom stereocenters. The van der Waals surface area contributed by atoms with Crippen LogP contribution in [0.1, 0.15) is 19.5 Å². The molecular weight excluding hydrogens is 288 g/mol. The summed E-state index contributed by atoms with van der Waals surface area (Å²) in [4.78, 5) is 6.55. The van der Waals surface area contributed by atoms with Crippen molar-refractivity contribution in [2.75, 3.05) is 33.2 Å². The van der Waals surface area contributed by atoms with E-state index in [9.17, 15) is 8.42 Å². The van der Waals surface area contributed by atoms with Crippen LogP contribution in [0.2, 0.25) is 0 Å². The van der Waals surface area contributed by atoms with Gasteiger partial charge in [-0.25, -0.2) is 0 Å². The van der Waals surface area contributed by atoms with Crippen molar-refractivity contribution in [1.82, 2.24) is 18.5 Å². The maximum atomic E-state index is 12.4. The Kier molecular flexibility index (Phi) is 5.32. The lowest BCUT2D eigenvalue weighted by molar-refractivity contribution is 0.173. The summed E-state index contributed by atoms with van der Waals surface area (Å²) in [6.45, 7) is 7.08. The van der Waals surface area contributed by atoms with Crippen molar-refractivity contribution in [1.29, 1.82) is 0 Å². The third-order valence-electron chi connectivity index (χ3n) is 3.86. The molecule has 1 aromatic rings. The first kappa shape index (κ1) is 16.4. The average Bonchev–Trinajstić information content (AvgIpc) is 2.48. The van der Waals surface area contributed by atoms with Crippen molar-refractivity contribution < 1.29 is 8.42 Å². The third kappa shape index (κ3) is 4.00. The van der Waals surface area contributed by atoms with E-state index in [4.69, 9.17) is 0 Å². The summed E-state index contributed by atoms with van der Waals surface area (Å²) in [6.07, 6.45) is 1.79. The van der Waals surface area contributed by atoms with Gasteiger partial charge in [0.15, 0.2) is 0 Å². The largest absolute Gasteiger partial charge is 0.295 e. The molecule has 1 aromatic heterocycles. The summed E-state index contributed by atoms with van der Waals surface area (Å²) in [7, 11) is -1.69. The lowest BCUT2D eigenvalue weighted by Gasteiger charge is -2.36. The summed E-state index contributed by atoms with van der Waals surface area (Å²) in [5.41, 5.74) is 1.02. The molecule has 1 saturated heterocycles. The zero-order valence-corrected chi connectivity index (χ0v) is 13.8. The number of aromatic nitrogens is 1. The highest BCUT2D eigenvalue weighted by Crippen LogP contribution is 2.14. The lowest BCUT2D eigenvalue weighted by atomic mass is 10.3. The van der Waals surface area contributed by atoms with Crippen LogP contribution in [-0.4, -0.2) is 66.2 Å². The first-order valence-corrected chi connectivity index (χ1v) is 8.66. The van der Waals surface area contributed by atoms with E-state index in [1.165, 1.54) is 4.31 Å². The number of piperazine rings is 1. The standard InChI is InChI=1S/C14H24N4O2S/c1-13(2)16(3)21(19,20)18-10-8-17(9-11-18)12-14-6-4-5-7-15-14/h4-7,13H,8-12H2,1-3H3. The molecule has 118 valence electrons. The second-order valence-corrected chi connectivity index (χ2v) is 7.60. The van der Waals surface area contributed by atoms with Crippen LogP contribution in [0.4, 0.5) is 0 Å². The molecule has 0 aromatic carbocycles. The van der Waals surface area contributed by atoms with E-state index in [1.54, 1.807) is 17.5 Å². The van der Waals surface area contributed by atoms with Gasteiger partial charge in [-0.05, 0) is 26.0 Å². The Morgan fingerprint density at radius 3 is 2.43 bits per heavy atom. The van der Waals surface area contributed by atoms with Gasteiger partial charge in [-0.3, -0.25) is 9.88 Å². The molecule has 1 aliphatic heterocycles. The van der Waals surface area contributed by atoms with Crippen LogP contribution in [0.25, 0.3) is 0 Å². The molecular formula is C14H24N4O2S. The van der Waals surface area contributed by atoms with Gasteiger partial charge >= 0.3 is 0 Å². The van der Waals surface area contributed by atoms with Crippen LogP contribution >= 0.6 is 0 Å². The quantitative estimate of drug-likeness (QED) is 0.806. The highest BCUT2D eigenvalue weighted by molar-refractivity contribution is 7.86. The number of pyridine rings is 1. The van der Waals surface area contributed by atoms with Crippen LogP contribution in [-0.2, 0) is 16.8 Å². The maximum absolute atomic E-state index is 12.4. The van der Waals surface area contributed by atoms with Crippen molar-refractivity contribution in [3.05, 3.63) is 30.1 Å². The van der Waals surface area contributed by atoms with Gasteiger partial charge in [0, 0.05) is 52.0 Å². The second kappa shape index (κ2) is 6.83. The van der Waals surface area contributed by atoms with Crippen LogP contribution in [0.15, 0.2) is 24.4 Å². The second-order valence-electron chi connectivity index (χ2n) is 5.61. The minimum Gasteiger partial charge on any atom is -0.295 e. The molecule has 0 saturated carbocycles. The molecule has 2 rings (SSSR count). The van der Waals surface area contributed by atoms with Gasteiger partial charge < -0.3 is 0 Å². The van der Waals surface area contributed by atoms with E-state index in [-0.39, 0.29) is 6.04 Å². The summed E-state index contributed by atoms with van der Waals surface area (Å²) >= 11 is 0. The maximum Gasteiger partial charge on any atom is 0.282 e. The van der Waals surface area contributed by atoms with Gasteiger partial charge in [0.05, 0.1) is 5.69 Å². The zero-order valence-electron chi connectivity index (χ0n) is 12.9. The minimum atomic E-state index is -3.33. The van der Waals surface area contributed by atoms with Crippen LogP contribution in [0.5, 0.6) is 0 Å². The Hall–Kier alpha value is -1.02. The minimum absolute atomic E-state index is 0.0263. The van der Waals surface area contributed by atoms with Gasteiger partial charge in [0.1, 0.15) is 0 Å². The third-order valence-corrected chi connectivity index (χ3v) is 6.03. The molecule has 21 heavy (non-hydrogen) atoms. The molecule has 0 amide bonds. The predicted molar refractivity (Wildman–Crippen MR) is 82.9 cm³/mol. The van der Waals surface area contributed by atoms with Crippen LogP contribution < -0.4 is 0 Å². The molecule has 6 nitrogen and oxygen atoms in total. The Balaban J connectivity index is 1.91. The van der Waals surface area contributed by atoms with Crippen molar-refractivity contribution in [2.45, 2.75) is 26.4 Å². The molecule has 1 aliphatic rings. The molecule has 0 aliphatic carbocycles. The van der Waals surface area contributed by atoms with Crippen molar-refractivity contribution in [2.24, 2.45) is 0 Å². The van der Waals surface area contributed by atoms with Crippen LogP contribution in [0.3, 0.4) is 0 Å². The van der Waals surface area contributed by atoms with Gasteiger partial charge in [-0.2, -0.15) is 17.0 Å². The Bertz CT molecular complexity index is 539. The normalized spacial score (nSPS) is 18.5. The summed E-state index contributed by atoms with van der Waals surface area (Å²) in [5.74, 6) is 0. The lowest BCUT2D eigenvalue weighted by Crippen LogP contribution is -2.53. The topological polar surface area (TPSA) is 56.8 Å². The Morgan fingerprint density at radius 2 is 1.90 bits per heavy atom. The van der Waals surface area contributed by atoms with E-state index in [2.05, 4.69) is 9.88 Å². The highest BCUT2D eigenvalue weighted by Gasteiger charge is 2.31.